The molecule has 6 nitrogen and oxygen atoms in total. The predicted octanol–water partition coefficient (Wildman–Crippen LogP) is 1.01. The van der Waals surface area contributed by atoms with Gasteiger partial charge in [0, 0.05) is 25.1 Å². The Morgan fingerprint density at radius 3 is 2.94 bits per heavy atom. The number of nitrogens with one attached hydrogen (secondary N) is 1. The molecule has 0 atom stereocenters. The van der Waals surface area contributed by atoms with Gasteiger partial charge in [-0.2, -0.15) is 4.73 Å². The number of benzene rings is 1. The third kappa shape index (κ3) is 2.43. The molecule has 0 fully saturated rings. The predicted molar refractivity (Wildman–Crippen MR) is 67.9 cm³/mol. The van der Waals surface area contributed by atoms with E-state index in [0.717, 1.165) is 0 Å². The molecule has 1 aromatic heterocycles. The van der Waals surface area contributed by atoms with E-state index in [9.17, 15) is 10.0 Å². The molecule has 1 N–H and O–H groups in total. The molecule has 0 saturated heterocycles. The summed E-state index contributed by atoms with van der Waals surface area (Å²) in [6.07, 6.45) is 1.27. The van der Waals surface area contributed by atoms with Gasteiger partial charge in [0.15, 0.2) is 0 Å². The SMILES string of the molecule is CC(=O)NN(C)c1c[n+]([O-])c2cc(Cl)ccc2n1. The van der Waals surface area contributed by atoms with Crippen LogP contribution in [0.2, 0.25) is 5.02 Å². The Morgan fingerprint density at radius 1 is 1.56 bits per heavy atom. The van der Waals surface area contributed by atoms with Crippen molar-refractivity contribution in [3.63, 3.8) is 0 Å². The Balaban J connectivity index is 2.49. The summed E-state index contributed by atoms with van der Waals surface area (Å²) in [7, 11) is 1.60. The number of carbonyl (C=O) groups is 1. The summed E-state index contributed by atoms with van der Waals surface area (Å²) in [5.74, 6) is 0.1000. The summed E-state index contributed by atoms with van der Waals surface area (Å²) in [5.41, 5.74) is 3.40. The first-order valence-corrected chi connectivity index (χ1v) is 5.55. The van der Waals surface area contributed by atoms with Crippen molar-refractivity contribution in [1.82, 2.24) is 10.4 Å². The number of aromatic nitrogens is 2. The zero-order valence-electron chi connectivity index (χ0n) is 9.85. The molecule has 2 rings (SSSR count). The van der Waals surface area contributed by atoms with E-state index in [2.05, 4.69) is 10.4 Å². The molecule has 2 aromatic rings. The zero-order valence-corrected chi connectivity index (χ0v) is 10.6. The standard InChI is InChI=1S/C11H11ClN4O2/c1-7(17)14-15(2)11-6-16(18)10-5-8(12)3-4-9(10)13-11/h3-6H,1-2H3,(H,14,17). The smallest absolute Gasteiger partial charge is 0.244 e. The van der Waals surface area contributed by atoms with Crippen molar-refractivity contribution in [3.8, 4) is 0 Å². The van der Waals surface area contributed by atoms with Gasteiger partial charge in [-0.25, -0.2) is 4.98 Å². The molecule has 0 spiro atoms. The maximum absolute atomic E-state index is 11.8. The molecule has 1 amide bonds. The number of anilines is 1. The summed E-state index contributed by atoms with van der Waals surface area (Å²) in [6, 6.07) is 4.84. The minimum atomic E-state index is -0.243. The van der Waals surface area contributed by atoms with Gasteiger partial charge >= 0.3 is 0 Å². The van der Waals surface area contributed by atoms with E-state index in [0.29, 0.717) is 26.6 Å². The molecule has 0 saturated carbocycles. The van der Waals surface area contributed by atoms with Gasteiger partial charge in [0.1, 0.15) is 5.52 Å². The lowest BCUT2D eigenvalue weighted by Crippen LogP contribution is -2.40. The first-order valence-electron chi connectivity index (χ1n) is 5.18. The van der Waals surface area contributed by atoms with Gasteiger partial charge in [-0.1, -0.05) is 11.6 Å². The normalized spacial score (nSPS) is 10.4. The third-order valence-electron chi connectivity index (χ3n) is 2.31. The second-order valence-electron chi connectivity index (χ2n) is 3.78. The first kappa shape index (κ1) is 12.4. The number of halogens is 1. The molecule has 7 heteroatoms. The van der Waals surface area contributed by atoms with E-state index in [-0.39, 0.29) is 5.91 Å². The Labute approximate surface area is 108 Å². The maximum Gasteiger partial charge on any atom is 0.244 e. The Kier molecular flexibility index (Phi) is 3.20. The van der Waals surface area contributed by atoms with Crippen LogP contribution in [0, 0.1) is 5.21 Å². The lowest BCUT2D eigenvalue weighted by molar-refractivity contribution is -0.576. The molecule has 0 unspecified atom stereocenters. The molecule has 0 radical (unpaired) electrons. The van der Waals surface area contributed by atoms with Crippen molar-refractivity contribution in [2.45, 2.75) is 6.92 Å². The average Bonchev–Trinajstić information content (AvgIpc) is 2.29. The van der Waals surface area contributed by atoms with Crippen molar-refractivity contribution >= 4 is 34.4 Å². The molecule has 0 aliphatic heterocycles. The number of amides is 1. The Morgan fingerprint density at radius 2 is 2.28 bits per heavy atom. The van der Waals surface area contributed by atoms with Crippen LogP contribution in [0.4, 0.5) is 5.82 Å². The summed E-state index contributed by atoms with van der Waals surface area (Å²) in [4.78, 5) is 15.2. The van der Waals surface area contributed by atoms with Gasteiger partial charge in [-0.3, -0.25) is 15.2 Å². The van der Waals surface area contributed by atoms with Crippen molar-refractivity contribution < 1.29 is 9.52 Å². The van der Waals surface area contributed by atoms with E-state index in [1.807, 2.05) is 0 Å². The molecule has 0 aliphatic rings. The minimum absolute atomic E-state index is 0.243. The second-order valence-corrected chi connectivity index (χ2v) is 4.22. The van der Waals surface area contributed by atoms with Crippen LogP contribution in [-0.2, 0) is 4.79 Å². The summed E-state index contributed by atoms with van der Waals surface area (Å²) in [6.45, 7) is 1.38. The molecule has 1 aromatic carbocycles. The summed E-state index contributed by atoms with van der Waals surface area (Å²) in [5, 5.41) is 13.7. The van der Waals surface area contributed by atoms with Crippen LogP contribution in [0.15, 0.2) is 24.4 Å². The quantitative estimate of drug-likeness (QED) is 0.500. The number of hydrazine groups is 1. The van der Waals surface area contributed by atoms with Crippen LogP contribution in [0.1, 0.15) is 6.92 Å². The van der Waals surface area contributed by atoms with Crippen LogP contribution in [0.3, 0.4) is 0 Å². The topological polar surface area (TPSA) is 72.2 Å². The van der Waals surface area contributed by atoms with Gasteiger partial charge in [0.05, 0.1) is 0 Å². The minimum Gasteiger partial charge on any atom is -0.618 e. The van der Waals surface area contributed by atoms with Gasteiger partial charge in [-0.05, 0) is 12.1 Å². The lowest BCUT2D eigenvalue weighted by Gasteiger charge is -2.17. The van der Waals surface area contributed by atoms with Gasteiger partial charge in [-0.15, -0.1) is 0 Å². The van der Waals surface area contributed by atoms with Gasteiger partial charge in [0.2, 0.25) is 23.4 Å². The fourth-order valence-electron chi connectivity index (χ4n) is 1.55. The van der Waals surface area contributed by atoms with Gasteiger partial charge < -0.3 is 5.21 Å². The van der Waals surface area contributed by atoms with Crippen LogP contribution in [-0.4, -0.2) is 17.9 Å². The van der Waals surface area contributed by atoms with Crippen LogP contribution in [0.25, 0.3) is 11.0 Å². The van der Waals surface area contributed by atoms with Crippen LogP contribution in [0.5, 0.6) is 0 Å². The van der Waals surface area contributed by atoms with E-state index < -0.39 is 0 Å². The summed E-state index contributed by atoms with van der Waals surface area (Å²) >= 11 is 5.81. The van der Waals surface area contributed by atoms with Crippen molar-refractivity contribution in [2.75, 3.05) is 12.1 Å². The Bertz CT molecular complexity index is 617. The number of hydrogen-bond donors (Lipinski definition) is 1. The van der Waals surface area contributed by atoms with Crippen molar-refractivity contribution in [1.29, 1.82) is 0 Å². The van der Waals surface area contributed by atoms with E-state index in [1.165, 1.54) is 18.1 Å². The van der Waals surface area contributed by atoms with Gasteiger partial charge in [0.25, 0.3) is 0 Å². The van der Waals surface area contributed by atoms with E-state index >= 15 is 0 Å². The van der Waals surface area contributed by atoms with E-state index in [4.69, 9.17) is 11.6 Å². The maximum atomic E-state index is 11.8. The highest BCUT2D eigenvalue weighted by Gasteiger charge is 2.12. The van der Waals surface area contributed by atoms with Crippen molar-refractivity contribution in [2.24, 2.45) is 0 Å². The zero-order chi connectivity index (χ0) is 13.3. The monoisotopic (exact) mass is 266 g/mol. The van der Waals surface area contributed by atoms with Crippen LogP contribution >= 0.6 is 11.6 Å². The first-order chi connectivity index (χ1) is 8.47. The molecule has 0 aliphatic carbocycles. The molecule has 94 valence electrons. The summed E-state index contributed by atoms with van der Waals surface area (Å²) < 4.78 is 0.669. The number of carbonyl (C=O) groups excluding carboxylic acids is 1. The second kappa shape index (κ2) is 4.66. The average molecular weight is 267 g/mol. The molecular formula is C11H11ClN4O2. The lowest BCUT2D eigenvalue weighted by atomic mass is 10.3. The fraction of sp³-hybridized carbons (Fsp3) is 0.182. The molecule has 18 heavy (non-hydrogen) atoms. The molecule has 1 heterocycles. The van der Waals surface area contributed by atoms with E-state index in [1.54, 1.807) is 25.2 Å². The highest BCUT2D eigenvalue weighted by atomic mass is 35.5. The largest absolute Gasteiger partial charge is 0.618 e. The highest BCUT2D eigenvalue weighted by Crippen LogP contribution is 2.16. The number of nitrogens with zero attached hydrogens (tertiary/aromatic N) is 3. The third-order valence-corrected chi connectivity index (χ3v) is 2.55. The highest BCUT2D eigenvalue weighted by molar-refractivity contribution is 6.31. The number of fused-ring (bicyclic) bond motifs is 1. The molecular weight excluding hydrogens is 256 g/mol. The van der Waals surface area contributed by atoms with Crippen molar-refractivity contribution in [3.05, 3.63) is 34.6 Å². The Hall–Kier alpha value is -2.08. The number of hydrogen-bond acceptors (Lipinski definition) is 4. The van der Waals surface area contributed by atoms with Crippen LogP contribution < -0.4 is 15.2 Å². The number of rotatable bonds is 2. The fourth-order valence-corrected chi connectivity index (χ4v) is 1.72. The molecule has 0 bridgehead atoms.